The van der Waals surface area contributed by atoms with E-state index in [0.29, 0.717) is 12.5 Å². The molecule has 0 spiro atoms. The molecule has 0 aliphatic carbocycles. The van der Waals surface area contributed by atoms with Crippen molar-refractivity contribution in [1.82, 2.24) is 19.2 Å². The van der Waals surface area contributed by atoms with Crippen molar-refractivity contribution >= 4 is 22.2 Å². The van der Waals surface area contributed by atoms with Gasteiger partial charge in [0.05, 0.1) is 12.1 Å². The number of amides is 1. The number of nitrogens with zero attached hydrogens (tertiary/aromatic N) is 4. The van der Waals surface area contributed by atoms with E-state index in [1.54, 1.807) is 11.3 Å². The predicted molar refractivity (Wildman–Crippen MR) is 110 cm³/mol. The summed E-state index contributed by atoms with van der Waals surface area (Å²) in [6.07, 6.45) is 4.59. The number of piperidine rings is 1. The number of aromatic nitrogens is 2. The number of likely N-dealkylation sites (tertiary alicyclic amines) is 1. The van der Waals surface area contributed by atoms with Crippen molar-refractivity contribution < 1.29 is 4.79 Å². The van der Waals surface area contributed by atoms with Crippen molar-refractivity contribution in [2.75, 3.05) is 27.2 Å². The topological polar surface area (TPSA) is 40.9 Å². The van der Waals surface area contributed by atoms with Gasteiger partial charge >= 0.3 is 0 Å². The Labute approximate surface area is 164 Å². The predicted octanol–water partition coefficient (Wildman–Crippen LogP) is 3.47. The zero-order chi connectivity index (χ0) is 19.0. The third-order valence-corrected chi connectivity index (χ3v) is 6.48. The number of rotatable bonds is 4. The standard InChI is InChI=1S/C21H26N4OS/c1-15-4-6-16(7-5-15)19-13-25-18(14-27-21(25)22-19)12-20(26)24(3)17-8-10-23(2)11-9-17/h4-7,13-14,17H,8-12H2,1-3H3. The van der Waals surface area contributed by atoms with Gasteiger partial charge in [-0.3, -0.25) is 9.20 Å². The third kappa shape index (κ3) is 3.77. The van der Waals surface area contributed by atoms with E-state index in [4.69, 9.17) is 4.98 Å². The molecular formula is C21H26N4OS. The zero-order valence-corrected chi connectivity index (χ0v) is 17.0. The number of thiazole rings is 1. The van der Waals surface area contributed by atoms with Crippen LogP contribution in [0.15, 0.2) is 35.8 Å². The van der Waals surface area contributed by atoms with Crippen LogP contribution in [-0.4, -0.2) is 58.3 Å². The number of fused-ring (bicyclic) bond motifs is 1. The second kappa shape index (κ2) is 7.44. The van der Waals surface area contributed by atoms with Crippen LogP contribution in [0.2, 0.25) is 0 Å². The molecule has 6 heteroatoms. The van der Waals surface area contributed by atoms with Gasteiger partial charge in [0, 0.05) is 35.9 Å². The lowest BCUT2D eigenvalue weighted by molar-refractivity contribution is -0.132. The highest BCUT2D eigenvalue weighted by Gasteiger charge is 2.24. The molecule has 0 N–H and O–H groups in total. The van der Waals surface area contributed by atoms with Crippen LogP contribution in [-0.2, 0) is 11.2 Å². The number of likely N-dealkylation sites (N-methyl/N-ethyl adjacent to an activating group) is 1. The summed E-state index contributed by atoms with van der Waals surface area (Å²) >= 11 is 1.60. The maximum atomic E-state index is 12.8. The van der Waals surface area contributed by atoms with Gasteiger partial charge < -0.3 is 9.80 Å². The van der Waals surface area contributed by atoms with Gasteiger partial charge in [-0.25, -0.2) is 4.98 Å². The molecule has 1 amide bonds. The highest BCUT2D eigenvalue weighted by Crippen LogP contribution is 2.25. The average Bonchev–Trinajstić information content (AvgIpc) is 3.24. The molecule has 1 fully saturated rings. The number of carbonyl (C=O) groups is 1. The minimum absolute atomic E-state index is 0.190. The maximum absolute atomic E-state index is 12.8. The van der Waals surface area contributed by atoms with Gasteiger partial charge in [-0.1, -0.05) is 29.8 Å². The molecule has 0 saturated carbocycles. The molecule has 1 aliphatic rings. The van der Waals surface area contributed by atoms with Crippen LogP contribution in [0.5, 0.6) is 0 Å². The minimum atomic E-state index is 0.190. The Kier molecular flexibility index (Phi) is 5.02. The second-order valence-electron chi connectivity index (χ2n) is 7.59. The molecule has 2 aromatic heterocycles. The lowest BCUT2D eigenvalue weighted by Gasteiger charge is -2.35. The summed E-state index contributed by atoms with van der Waals surface area (Å²) in [4.78, 5) is 22.8. The summed E-state index contributed by atoms with van der Waals surface area (Å²) < 4.78 is 2.07. The van der Waals surface area contributed by atoms with Crippen LogP contribution in [0.4, 0.5) is 0 Å². The molecule has 4 rings (SSSR count). The molecule has 142 valence electrons. The van der Waals surface area contributed by atoms with E-state index in [1.165, 1.54) is 5.56 Å². The molecule has 0 unspecified atom stereocenters. The van der Waals surface area contributed by atoms with Crippen LogP contribution in [0, 0.1) is 6.92 Å². The molecule has 5 nitrogen and oxygen atoms in total. The number of aryl methyl sites for hydroxylation is 1. The van der Waals surface area contributed by atoms with E-state index < -0.39 is 0 Å². The average molecular weight is 383 g/mol. The summed E-state index contributed by atoms with van der Waals surface area (Å²) in [5.41, 5.74) is 4.32. The van der Waals surface area contributed by atoms with Crippen molar-refractivity contribution in [1.29, 1.82) is 0 Å². The minimum Gasteiger partial charge on any atom is -0.342 e. The van der Waals surface area contributed by atoms with Crippen molar-refractivity contribution in [3.63, 3.8) is 0 Å². The summed E-state index contributed by atoms with van der Waals surface area (Å²) in [5, 5.41) is 2.06. The number of imidazole rings is 1. The van der Waals surface area contributed by atoms with Crippen LogP contribution in [0.25, 0.3) is 16.2 Å². The van der Waals surface area contributed by atoms with Crippen LogP contribution >= 0.6 is 11.3 Å². The molecule has 1 aliphatic heterocycles. The Bertz CT molecular complexity index is 935. The highest BCUT2D eigenvalue weighted by atomic mass is 32.1. The molecular weight excluding hydrogens is 356 g/mol. The van der Waals surface area contributed by atoms with Crippen LogP contribution in [0.1, 0.15) is 24.1 Å². The quantitative estimate of drug-likeness (QED) is 0.694. The van der Waals surface area contributed by atoms with Crippen molar-refractivity contribution in [3.05, 3.63) is 47.1 Å². The van der Waals surface area contributed by atoms with Crippen molar-refractivity contribution in [2.45, 2.75) is 32.2 Å². The lowest BCUT2D eigenvalue weighted by atomic mass is 10.0. The van der Waals surface area contributed by atoms with E-state index in [0.717, 1.165) is 47.8 Å². The van der Waals surface area contributed by atoms with E-state index in [-0.39, 0.29) is 5.91 Å². The van der Waals surface area contributed by atoms with Gasteiger partial charge in [0.2, 0.25) is 5.91 Å². The Morgan fingerprint density at radius 2 is 1.96 bits per heavy atom. The molecule has 3 aromatic rings. The molecule has 0 radical (unpaired) electrons. The van der Waals surface area contributed by atoms with Gasteiger partial charge in [0.25, 0.3) is 0 Å². The molecule has 1 saturated heterocycles. The molecule has 0 bridgehead atoms. The monoisotopic (exact) mass is 382 g/mol. The van der Waals surface area contributed by atoms with Gasteiger partial charge in [-0.2, -0.15) is 0 Å². The summed E-state index contributed by atoms with van der Waals surface area (Å²) in [6.45, 7) is 4.21. The second-order valence-corrected chi connectivity index (χ2v) is 8.42. The molecule has 0 atom stereocenters. The van der Waals surface area contributed by atoms with Crippen molar-refractivity contribution in [3.8, 4) is 11.3 Å². The number of hydrogen-bond donors (Lipinski definition) is 0. The highest BCUT2D eigenvalue weighted by molar-refractivity contribution is 7.15. The Balaban J connectivity index is 1.50. The maximum Gasteiger partial charge on any atom is 0.228 e. The summed E-state index contributed by atoms with van der Waals surface area (Å²) in [6, 6.07) is 8.75. The van der Waals surface area contributed by atoms with E-state index in [2.05, 4.69) is 59.1 Å². The third-order valence-electron chi connectivity index (χ3n) is 5.59. The fourth-order valence-corrected chi connectivity index (χ4v) is 4.56. The van der Waals surface area contributed by atoms with Crippen molar-refractivity contribution in [2.24, 2.45) is 0 Å². The first-order valence-electron chi connectivity index (χ1n) is 9.48. The SMILES string of the molecule is Cc1ccc(-c2cn3c(CC(=O)N(C)C4CCN(C)CC4)csc3n2)cc1. The fourth-order valence-electron chi connectivity index (χ4n) is 3.69. The summed E-state index contributed by atoms with van der Waals surface area (Å²) in [7, 11) is 4.10. The van der Waals surface area contributed by atoms with Gasteiger partial charge in [-0.05, 0) is 39.9 Å². The van der Waals surface area contributed by atoms with E-state index >= 15 is 0 Å². The smallest absolute Gasteiger partial charge is 0.228 e. The van der Waals surface area contributed by atoms with Gasteiger partial charge in [0.1, 0.15) is 0 Å². The number of hydrogen-bond acceptors (Lipinski definition) is 4. The van der Waals surface area contributed by atoms with E-state index in [1.807, 2.05) is 11.9 Å². The Morgan fingerprint density at radius 1 is 1.26 bits per heavy atom. The Hall–Kier alpha value is -2.18. The van der Waals surface area contributed by atoms with Gasteiger partial charge in [-0.15, -0.1) is 11.3 Å². The molecule has 27 heavy (non-hydrogen) atoms. The zero-order valence-electron chi connectivity index (χ0n) is 16.2. The van der Waals surface area contributed by atoms with Gasteiger partial charge in [0.15, 0.2) is 4.96 Å². The molecule has 1 aromatic carbocycles. The largest absolute Gasteiger partial charge is 0.342 e. The first-order chi connectivity index (χ1) is 13.0. The van der Waals surface area contributed by atoms with Crippen LogP contribution in [0.3, 0.4) is 0 Å². The number of benzene rings is 1. The summed E-state index contributed by atoms with van der Waals surface area (Å²) in [5.74, 6) is 0.190. The number of carbonyl (C=O) groups excluding carboxylic acids is 1. The fraction of sp³-hybridized carbons (Fsp3) is 0.429. The van der Waals surface area contributed by atoms with E-state index in [9.17, 15) is 4.79 Å². The molecule has 3 heterocycles. The first kappa shape index (κ1) is 18.2. The normalized spacial score (nSPS) is 16.1. The first-order valence-corrected chi connectivity index (χ1v) is 10.4. The van der Waals surface area contributed by atoms with Crippen LogP contribution < -0.4 is 0 Å². The Morgan fingerprint density at radius 3 is 2.67 bits per heavy atom. The lowest BCUT2D eigenvalue weighted by Crippen LogP contribution is -2.45.